The second kappa shape index (κ2) is 6.28. The van der Waals surface area contributed by atoms with E-state index in [9.17, 15) is 4.39 Å². The van der Waals surface area contributed by atoms with Crippen LogP contribution in [-0.2, 0) is 0 Å². The molecule has 3 aliphatic rings. The van der Waals surface area contributed by atoms with Crippen molar-refractivity contribution in [3.63, 3.8) is 0 Å². The van der Waals surface area contributed by atoms with Crippen molar-refractivity contribution >= 4 is 11.3 Å². The van der Waals surface area contributed by atoms with Crippen molar-refractivity contribution in [3.05, 3.63) is 47.9 Å². The monoisotopic (exact) mass is 368 g/mol. The highest BCUT2D eigenvalue weighted by Crippen LogP contribution is 2.37. The number of rotatable bonds is 3. The lowest BCUT2D eigenvalue weighted by molar-refractivity contribution is 0.0504. The van der Waals surface area contributed by atoms with Gasteiger partial charge in [-0.2, -0.15) is 0 Å². The van der Waals surface area contributed by atoms with E-state index in [-0.39, 0.29) is 5.82 Å². The topological polar surface area (TPSA) is 34.0 Å². The number of benzene rings is 1. The molecule has 0 aliphatic carbocycles. The Hall–Kier alpha value is -2.05. The van der Waals surface area contributed by atoms with Gasteiger partial charge >= 0.3 is 0 Å². The van der Waals surface area contributed by atoms with Gasteiger partial charge in [0.1, 0.15) is 11.5 Å². The number of hydrogen-bond donors (Lipinski definition) is 0. The van der Waals surface area contributed by atoms with Crippen LogP contribution in [0.25, 0.3) is 21.0 Å². The zero-order chi connectivity index (χ0) is 17.7. The van der Waals surface area contributed by atoms with Crippen molar-refractivity contribution in [2.75, 3.05) is 19.6 Å². The minimum atomic E-state index is -0.161. The number of hydrogen-bond acceptors (Lipinski definition) is 4. The van der Waals surface area contributed by atoms with Crippen LogP contribution in [-0.4, -0.2) is 39.5 Å². The van der Waals surface area contributed by atoms with E-state index in [2.05, 4.69) is 32.2 Å². The van der Waals surface area contributed by atoms with Crippen molar-refractivity contribution in [2.45, 2.75) is 25.8 Å². The van der Waals surface area contributed by atoms with Gasteiger partial charge in [0.15, 0.2) is 0 Å². The molecule has 0 N–H and O–H groups in total. The molecule has 134 valence electrons. The average molecular weight is 368 g/mol. The third-order valence-corrected chi connectivity index (χ3v) is 6.94. The van der Waals surface area contributed by atoms with Gasteiger partial charge in [0.2, 0.25) is 0 Å². The molecular formula is C20H21FN4S. The fraction of sp³-hybridized carbons (Fsp3) is 0.400. The highest BCUT2D eigenvalue weighted by Gasteiger charge is 2.35. The summed E-state index contributed by atoms with van der Waals surface area (Å²) in [4.78, 5) is 4.66. The molecule has 3 aromatic rings. The van der Waals surface area contributed by atoms with E-state index in [1.54, 1.807) is 24.3 Å². The lowest BCUT2D eigenvalue weighted by Gasteiger charge is -2.44. The van der Waals surface area contributed by atoms with Crippen LogP contribution in [0.2, 0.25) is 0 Å². The Morgan fingerprint density at radius 2 is 1.92 bits per heavy atom. The molecule has 4 nitrogen and oxygen atoms in total. The van der Waals surface area contributed by atoms with Gasteiger partial charge in [-0.25, -0.2) is 9.07 Å². The minimum Gasteiger partial charge on any atom is -0.301 e. The molecule has 3 saturated heterocycles. The third kappa shape index (κ3) is 2.77. The van der Waals surface area contributed by atoms with Crippen molar-refractivity contribution in [1.29, 1.82) is 0 Å². The van der Waals surface area contributed by atoms with Crippen LogP contribution in [0.4, 0.5) is 4.39 Å². The highest BCUT2D eigenvalue weighted by atomic mass is 32.1. The first-order valence-electron chi connectivity index (χ1n) is 9.18. The van der Waals surface area contributed by atoms with Crippen molar-refractivity contribution in [3.8, 4) is 21.0 Å². The van der Waals surface area contributed by atoms with Crippen LogP contribution in [0, 0.1) is 18.7 Å². The zero-order valence-electron chi connectivity index (χ0n) is 14.7. The molecule has 2 bridgehead atoms. The Morgan fingerprint density at radius 3 is 2.65 bits per heavy atom. The van der Waals surface area contributed by atoms with Gasteiger partial charge < -0.3 is 4.90 Å². The largest absolute Gasteiger partial charge is 0.301 e. The molecule has 0 radical (unpaired) electrons. The van der Waals surface area contributed by atoms with Crippen LogP contribution in [0.1, 0.15) is 24.4 Å². The molecule has 26 heavy (non-hydrogen) atoms. The molecular weight excluding hydrogens is 347 g/mol. The van der Waals surface area contributed by atoms with Crippen LogP contribution < -0.4 is 0 Å². The number of thiophene rings is 1. The van der Waals surface area contributed by atoms with E-state index in [1.807, 2.05) is 18.2 Å². The van der Waals surface area contributed by atoms with E-state index >= 15 is 0 Å². The summed E-state index contributed by atoms with van der Waals surface area (Å²) in [5.41, 5.74) is 2.49. The van der Waals surface area contributed by atoms with Crippen LogP contribution in [0.3, 0.4) is 0 Å². The molecule has 3 aliphatic heterocycles. The molecule has 1 aromatic carbocycles. The number of nitrogens with zero attached hydrogens (tertiary/aromatic N) is 4. The van der Waals surface area contributed by atoms with E-state index in [4.69, 9.17) is 0 Å². The summed E-state index contributed by atoms with van der Waals surface area (Å²) in [5, 5.41) is 8.84. The van der Waals surface area contributed by atoms with Gasteiger partial charge in [0, 0.05) is 11.4 Å². The van der Waals surface area contributed by atoms with Crippen molar-refractivity contribution < 1.29 is 4.39 Å². The molecule has 2 aromatic heterocycles. The Labute approximate surface area is 156 Å². The van der Waals surface area contributed by atoms with E-state index < -0.39 is 0 Å². The molecule has 6 rings (SSSR count). The van der Waals surface area contributed by atoms with Gasteiger partial charge in [0.25, 0.3) is 0 Å². The zero-order valence-corrected chi connectivity index (χ0v) is 15.5. The van der Waals surface area contributed by atoms with Gasteiger partial charge in [-0.05, 0) is 68.1 Å². The molecule has 6 heteroatoms. The van der Waals surface area contributed by atoms with Crippen LogP contribution in [0.5, 0.6) is 0 Å². The molecule has 0 saturated carbocycles. The van der Waals surface area contributed by atoms with Crippen molar-refractivity contribution in [1.82, 2.24) is 19.9 Å². The van der Waals surface area contributed by atoms with Gasteiger partial charge in [-0.15, -0.1) is 16.4 Å². The molecule has 5 heterocycles. The summed E-state index contributed by atoms with van der Waals surface area (Å²) in [7, 11) is 0. The first kappa shape index (κ1) is 16.1. The second-order valence-corrected chi connectivity index (χ2v) is 8.50. The smallest absolute Gasteiger partial charge is 0.126 e. The Kier molecular flexibility index (Phi) is 3.90. The van der Waals surface area contributed by atoms with Crippen LogP contribution >= 0.6 is 11.3 Å². The van der Waals surface area contributed by atoms with E-state index in [0.717, 1.165) is 33.5 Å². The fourth-order valence-corrected chi connectivity index (χ4v) is 5.11. The molecule has 0 amide bonds. The van der Waals surface area contributed by atoms with E-state index in [1.165, 1.54) is 25.9 Å². The Balaban J connectivity index is 1.40. The quantitative estimate of drug-likeness (QED) is 0.688. The average Bonchev–Trinajstić information content (AvgIpc) is 3.34. The standard InChI is InChI=1S/C20H21FN4S/c1-13-2-3-15(10-16(13)21)19-4-5-20(26-19)17-11-25(23-22-17)18-12-24-8-6-14(18)7-9-24/h2-5,10-11,14,18H,6-9,12H2,1H3/t18-/m0/s1. The first-order valence-corrected chi connectivity index (χ1v) is 10.00. The predicted octanol–water partition coefficient (Wildman–Crippen LogP) is 4.39. The lowest BCUT2D eigenvalue weighted by Crippen LogP contribution is -2.48. The Bertz CT molecular complexity index is 939. The Morgan fingerprint density at radius 1 is 1.12 bits per heavy atom. The maximum atomic E-state index is 13.9. The molecule has 0 spiro atoms. The lowest BCUT2D eigenvalue weighted by atomic mass is 9.84. The first-order chi connectivity index (χ1) is 12.7. The summed E-state index contributed by atoms with van der Waals surface area (Å²) in [6.45, 7) is 5.33. The molecule has 1 atom stereocenters. The number of fused-ring (bicyclic) bond motifs is 3. The van der Waals surface area contributed by atoms with Gasteiger partial charge in [-0.1, -0.05) is 17.3 Å². The predicted molar refractivity (Wildman–Crippen MR) is 102 cm³/mol. The number of halogens is 1. The summed E-state index contributed by atoms with van der Waals surface area (Å²) >= 11 is 1.64. The number of aryl methyl sites for hydroxylation is 1. The normalized spacial score (nSPS) is 24.9. The van der Waals surface area contributed by atoms with Gasteiger partial charge in [0.05, 0.1) is 17.1 Å². The highest BCUT2D eigenvalue weighted by molar-refractivity contribution is 7.18. The summed E-state index contributed by atoms with van der Waals surface area (Å²) < 4.78 is 15.9. The maximum Gasteiger partial charge on any atom is 0.126 e. The summed E-state index contributed by atoms with van der Waals surface area (Å²) in [6, 6.07) is 9.95. The minimum absolute atomic E-state index is 0.161. The molecule has 0 unspecified atom stereocenters. The fourth-order valence-electron chi connectivity index (χ4n) is 4.16. The molecule has 3 fully saturated rings. The maximum absolute atomic E-state index is 13.9. The van der Waals surface area contributed by atoms with E-state index in [0.29, 0.717) is 11.6 Å². The third-order valence-electron chi connectivity index (χ3n) is 5.79. The van der Waals surface area contributed by atoms with Crippen molar-refractivity contribution in [2.24, 2.45) is 5.92 Å². The van der Waals surface area contributed by atoms with Gasteiger partial charge in [-0.3, -0.25) is 0 Å². The number of piperidine rings is 3. The SMILES string of the molecule is Cc1ccc(-c2ccc(-c3cn([C@H]4CN5CCC4CC5)nn3)s2)cc1F. The number of aromatic nitrogens is 3. The summed E-state index contributed by atoms with van der Waals surface area (Å²) in [5.74, 6) is 0.565. The second-order valence-electron chi connectivity index (χ2n) is 7.42. The summed E-state index contributed by atoms with van der Waals surface area (Å²) in [6.07, 6.45) is 4.61. The van der Waals surface area contributed by atoms with Crippen LogP contribution in [0.15, 0.2) is 36.5 Å².